The van der Waals surface area contributed by atoms with Gasteiger partial charge in [-0.1, -0.05) is 433 Å². The van der Waals surface area contributed by atoms with Crippen LogP contribution in [0.25, 0.3) is 0 Å². The molecule has 2 unspecified atom stereocenters. The molecule has 0 aliphatic rings. The first-order valence-corrected chi connectivity index (χ1v) is 49.1. The summed E-state index contributed by atoms with van der Waals surface area (Å²) < 4.78 is 69.0. The first kappa shape index (κ1) is 106. The Morgan fingerprint density at radius 2 is 0.426 bits per heavy atom. The van der Waals surface area contributed by atoms with Crippen molar-refractivity contribution in [3.05, 3.63) is 0 Å². The van der Waals surface area contributed by atoms with Crippen molar-refractivity contribution in [2.45, 2.75) is 502 Å². The van der Waals surface area contributed by atoms with E-state index in [-0.39, 0.29) is 25.7 Å². The molecule has 0 rings (SSSR count). The van der Waals surface area contributed by atoms with Gasteiger partial charge < -0.3 is 33.8 Å². The van der Waals surface area contributed by atoms with Crippen LogP contribution in [0.5, 0.6) is 0 Å². The second-order valence-electron chi connectivity index (χ2n) is 32.5. The Balaban J connectivity index is 5.25. The van der Waals surface area contributed by atoms with Crippen LogP contribution in [0.15, 0.2) is 0 Å². The topological polar surface area (TPSA) is 237 Å². The molecular weight excluding hydrogens is 1400 g/mol. The third-order valence-corrected chi connectivity index (χ3v) is 22.9. The van der Waals surface area contributed by atoms with Crippen molar-refractivity contribution >= 4 is 39.5 Å². The molecule has 17 nitrogen and oxygen atoms in total. The minimum absolute atomic E-state index is 0.109. The van der Waals surface area contributed by atoms with E-state index in [1.165, 1.54) is 308 Å². The highest BCUT2D eigenvalue weighted by atomic mass is 31.2. The fourth-order valence-electron chi connectivity index (χ4n) is 14.0. The number of unbranched alkanes of at least 4 members (excludes halogenated alkanes) is 61. The molecule has 0 saturated carbocycles. The lowest BCUT2D eigenvalue weighted by Gasteiger charge is -2.21. The third-order valence-electron chi connectivity index (χ3n) is 21.0. The normalized spacial score (nSPS) is 13.7. The van der Waals surface area contributed by atoms with Crippen LogP contribution in [-0.2, 0) is 65.4 Å². The lowest BCUT2D eigenvalue weighted by molar-refractivity contribution is -0.161. The number of phosphoric acid groups is 2. The summed E-state index contributed by atoms with van der Waals surface area (Å²) in [6.45, 7) is 7.42. The molecule has 642 valence electrons. The number of hydrogen-bond acceptors (Lipinski definition) is 15. The Morgan fingerprint density at radius 1 is 0.250 bits per heavy atom. The van der Waals surface area contributed by atoms with Crippen LogP contribution in [0.2, 0.25) is 0 Å². The van der Waals surface area contributed by atoms with E-state index in [1.54, 1.807) is 0 Å². The molecule has 0 heterocycles. The Labute approximate surface area is 664 Å². The highest BCUT2D eigenvalue weighted by molar-refractivity contribution is 7.47. The van der Waals surface area contributed by atoms with Crippen molar-refractivity contribution in [2.24, 2.45) is 5.92 Å². The molecule has 0 radical (unpaired) electrons. The predicted octanol–water partition coefficient (Wildman–Crippen LogP) is 27.5. The van der Waals surface area contributed by atoms with Crippen LogP contribution < -0.4 is 0 Å². The summed E-state index contributed by atoms with van der Waals surface area (Å²) in [5.41, 5.74) is 0. The van der Waals surface area contributed by atoms with Crippen LogP contribution in [-0.4, -0.2) is 96.7 Å². The van der Waals surface area contributed by atoms with Gasteiger partial charge in [0.25, 0.3) is 0 Å². The van der Waals surface area contributed by atoms with E-state index in [0.717, 1.165) is 95.8 Å². The van der Waals surface area contributed by atoms with Crippen molar-refractivity contribution < 1.29 is 80.2 Å². The van der Waals surface area contributed by atoms with E-state index in [0.29, 0.717) is 25.7 Å². The number of aliphatic hydroxyl groups is 1. The molecule has 0 fully saturated rings. The van der Waals surface area contributed by atoms with Gasteiger partial charge in [-0.3, -0.25) is 37.3 Å². The largest absolute Gasteiger partial charge is 0.472 e. The molecule has 0 spiro atoms. The molecule has 3 N–H and O–H groups in total. The van der Waals surface area contributed by atoms with Gasteiger partial charge in [0.15, 0.2) is 12.2 Å². The Kier molecular flexibility index (Phi) is 80.2. The van der Waals surface area contributed by atoms with Crippen molar-refractivity contribution in [1.29, 1.82) is 0 Å². The minimum atomic E-state index is -4.97. The van der Waals surface area contributed by atoms with E-state index in [1.807, 2.05) is 0 Å². The number of aliphatic hydroxyl groups excluding tert-OH is 1. The zero-order valence-corrected chi connectivity index (χ0v) is 72.8. The molecule has 0 amide bonds. The highest BCUT2D eigenvalue weighted by Gasteiger charge is 2.30. The maximum Gasteiger partial charge on any atom is 0.472 e. The summed E-state index contributed by atoms with van der Waals surface area (Å²) in [4.78, 5) is 73.4. The highest BCUT2D eigenvalue weighted by Crippen LogP contribution is 2.45. The fraction of sp³-hybridized carbons (Fsp3) is 0.955. The van der Waals surface area contributed by atoms with Crippen LogP contribution in [0.4, 0.5) is 0 Å². The molecule has 5 atom stereocenters. The smallest absolute Gasteiger partial charge is 0.462 e. The molecule has 0 saturated heterocycles. The summed E-state index contributed by atoms with van der Waals surface area (Å²) in [5, 5.41) is 10.7. The summed E-state index contributed by atoms with van der Waals surface area (Å²) in [6.07, 6.45) is 76.3. The van der Waals surface area contributed by atoms with E-state index in [2.05, 4.69) is 34.6 Å². The Morgan fingerprint density at radius 3 is 0.630 bits per heavy atom. The number of rotatable bonds is 89. The maximum atomic E-state index is 13.2. The van der Waals surface area contributed by atoms with Gasteiger partial charge in [-0.25, -0.2) is 9.13 Å². The zero-order valence-electron chi connectivity index (χ0n) is 71.0. The second kappa shape index (κ2) is 81.6. The molecule has 108 heavy (non-hydrogen) atoms. The molecule has 19 heteroatoms. The van der Waals surface area contributed by atoms with E-state index < -0.39 is 97.5 Å². The molecular formula is C89H174O17P2. The van der Waals surface area contributed by atoms with Crippen LogP contribution in [0.1, 0.15) is 484 Å². The van der Waals surface area contributed by atoms with Gasteiger partial charge in [0.05, 0.1) is 26.4 Å². The van der Waals surface area contributed by atoms with Gasteiger partial charge in [0, 0.05) is 25.7 Å². The van der Waals surface area contributed by atoms with Gasteiger partial charge >= 0.3 is 39.5 Å². The van der Waals surface area contributed by atoms with Crippen molar-refractivity contribution in [1.82, 2.24) is 0 Å². The minimum Gasteiger partial charge on any atom is -0.462 e. The molecule has 0 bridgehead atoms. The lowest BCUT2D eigenvalue weighted by atomic mass is 10.0. The molecule has 0 aliphatic heterocycles. The van der Waals surface area contributed by atoms with Crippen LogP contribution in [0.3, 0.4) is 0 Å². The fourth-order valence-corrected chi connectivity index (χ4v) is 15.6. The van der Waals surface area contributed by atoms with Gasteiger partial charge in [-0.05, 0) is 31.6 Å². The van der Waals surface area contributed by atoms with Gasteiger partial charge in [-0.2, -0.15) is 0 Å². The number of carbonyl (C=O) groups is 4. The lowest BCUT2D eigenvalue weighted by Crippen LogP contribution is -2.30. The average molecular weight is 1580 g/mol. The average Bonchev–Trinajstić information content (AvgIpc) is 0.899. The second-order valence-corrected chi connectivity index (χ2v) is 35.4. The number of phosphoric ester groups is 2. The third kappa shape index (κ3) is 82.1. The number of esters is 4. The zero-order chi connectivity index (χ0) is 79.0. The molecule has 0 aromatic carbocycles. The predicted molar refractivity (Wildman–Crippen MR) is 446 cm³/mol. The van der Waals surface area contributed by atoms with Gasteiger partial charge in [0.2, 0.25) is 0 Å². The van der Waals surface area contributed by atoms with E-state index in [9.17, 15) is 43.2 Å². The molecule has 0 aromatic rings. The van der Waals surface area contributed by atoms with E-state index >= 15 is 0 Å². The van der Waals surface area contributed by atoms with Gasteiger partial charge in [-0.15, -0.1) is 0 Å². The monoisotopic (exact) mass is 1580 g/mol. The van der Waals surface area contributed by atoms with Crippen LogP contribution >= 0.6 is 15.6 Å². The van der Waals surface area contributed by atoms with Crippen molar-refractivity contribution in [3.63, 3.8) is 0 Å². The first-order chi connectivity index (χ1) is 52.5. The van der Waals surface area contributed by atoms with Crippen molar-refractivity contribution in [3.8, 4) is 0 Å². The van der Waals surface area contributed by atoms with Gasteiger partial charge in [0.1, 0.15) is 19.3 Å². The summed E-state index contributed by atoms with van der Waals surface area (Å²) >= 11 is 0. The standard InChI is InChI=1S/C89H174O17P2/c1-6-9-12-15-18-21-24-27-29-31-33-34-36-40-45-50-55-60-65-70-75-89(94)106-85(79-100-87(92)73-68-63-58-53-48-43-41-37-38-42-46-51-56-61-66-71-82(4)5)81-104-108(97,98)102-77-83(90)76-101-107(95,96)103-80-84(78-99-86(91)72-67-62-57-52-47-26-23-20-17-14-11-8-3)105-88(93)74-69-64-59-54-49-44-39-35-32-30-28-25-22-19-16-13-10-7-2/h82-85,90H,6-81H2,1-5H3,(H,95,96)(H,97,98)/t83-,84+,85+/m0/s1. The maximum absolute atomic E-state index is 13.2. The van der Waals surface area contributed by atoms with Crippen molar-refractivity contribution in [2.75, 3.05) is 39.6 Å². The molecule has 0 aliphatic carbocycles. The summed E-state index contributed by atoms with van der Waals surface area (Å²) in [6, 6.07) is 0. The van der Waals surface area contributed by atoms with Crippen LogP contribution in [0, 0.1) is 5.92 Å². The summed E-state index contributed by atoms with van der Waals surface area (Å²) in [5.74, 6) is -1.29. The number of carbonyl (C=O) groups excluding carboxylic acids is 4. The quantitative estimate of drug-likeness (QED) is 0.0222. The number of hydrogen-bond donors (Lipinski definition) is 3. The van der Waals surface area contributed by atoms with E-state index in [4.69, 9.17) is 37.0 Å². The number of ether oxygens (including phenoxy) is 4. The summed E-state index contributed by atoms with van der Waals surface area (Å²) in [7, 11) is -9.93. The first-order valence-electron chi connectivity index (χ1n) is 46.1. The Bertz CT molecular complexity index is 2050. The molecule has 0 aromatic heterocycles. The Hall–Kier alpha value is -1.94. The SMILES string of the molecule is CCCCCCCCCCCCCCCCCCCCCCC(=O)O[C@H](COC(=O)CCCCCCCCCCCCCCCCCC(C)C)COP(=O)(O)OC[C@@H](O)COP(=O)(O)OC[C@@H](COC(=O)CCCCCCCCCCCCCC)OC(=O)CCCCCCCCCCCCCCCCCCCC.